The first-order valence-electron chi connectivity index (χ1n) is 11.2. The van der Waals surface area contributed by atoms with Gasteiger partial charge < -0.3 is 14.4 Å². The maximum Gasteiger partial charge on any atom is 0.573 e. The molecule has 0 saturated carbocycles. The summed E-state index contributed by atoms with van der Waals surface area (Å²) in [5.74, 6) is -0.654. The lowest BCUT2D eigenvalue weighted by atomic mass is 9.78. The molecule has 2 aromatic rings. The van der Waals surface area contributed by atoms with Crippen LogP contribution in [0.25, 0.3) is 0 Å². The minimum absolute atomic E-state index is 0.110. The van der Waals surface area contributed by atoms with Crippen LogP contribution in [0.3, 0.4) is 0 Å². The molecule has 0 bridgehead atoms. The molecule has 0 aromatic heterocycles. The predicted molar refractivity (Wildman–Crippen MR) is 118 cm³/mol. The summed E-state index contributed by atoms with van der Waals surface area (Å²) in [5.41, 5.74) is 0.652. The van der Waals surface area contributed by atoms with Crippen molar-refractivity contribution in [1.29, 1.82) is 0 Å². The Labute approximate surface area is 204 Å². The number of halogens is 6. The molecular formula is C23H24F6N2O4S. The van der Waals surface area contributed by atoms with Crippen LogP contribution >= 0.6 is 0 Å². The van der Waals surface area contributed by atoms with Gasteiger partial charge >= 0.3 is 12.5 Å². The third-order valence-corrected chi connectivity index (χ3v) is 8.46. The smallest absolute Gasteiger partial charge is 0.484 e. The zero-order valence-corrected chi connectivity index (χ0v) is 19.8. The second kappa shape index (κ2) is 9.66. The Morgan fingerprint density at radius 1 is 0.861 bits per heavy atom. The fraction of sp³-hybridized carbons (Fsp3) is 0.478. The molecule has 2 heterocycles. The predicted octanol–water partition coefficient (Wildman–Crippen LogP) is 5.21. The van der Waals surface area contributed by atoms with E-state index in [2.05, 4.69) is 9.64 Å². The van der Waals surface area contributed by atoms with Crippen molar-refractivity contribution in [2.75, 3.05) is 37.7 Å². The minimum Gasteiger partial charge on any atom is -0.484 e. The van der Waals surface area contributed by atoms with Crippen LogP contribution < -0.4 is 14.4 Å². The molecule has 0 N–H and O–H groups in total. The Kier molecular flexibility index (Phi) is 7.08. The average molecular weight is 539 g/mol. The number of para-hydroxylation sites is 1. The fourth-order valence-corrected chi connectivity index (χ4v) is 6.25. The number of sulfonamides is 1. The zero-order valence-electron chi connectivity index (χ0n) is 19.0. The van der Waals surface area contributed by atoms with Crippen LogP contribution in [-0.4, -0.2) is 58.0 Å². The quantitative estimate of drug-likeness (QED) is 0.473. The van der Waals surface area contributed by atoms with E-state index in [9.17, 15) is 34.8 Å². The Morgan fingerprint density at radius 3 is 2.08 bits per heavy atom. The lowest BCUT2D eigenvalue weighted by Crippen LogP contribution is -2.44. The normalized spacial score (nSPS) is 19.0. The molecule has 0 unspecified atom stereocenters. The van der Waals surface area contributed by atoms with Gasteiger partial charge in [-0.05, 0) is 61.1 Å². The van der Waals surface area contributed by atoms with E-state index < -0.39 is 39.8 Å². The first-order valence-corrected chi connectivity index (χ1v) is 12.6. The molecule has 2 aromatic carbocycles. The van der Waals surface area contributed by atoms with E-state index in [-0.39, 0.29) is 24.3 Å². The Balaban J connectivity index is 1.38. The van der Waals surface area contributed by atoms with Crippen LogP contribution in [0.15, 0.2) is 53.4 Å². The Morgan fingerprint density at radius 2 is 1.47 bits per heavy atom. The standard InChI is InChI=1S/C23H24F6N2O4S/c24-22(25,26)16-34-18-7-5-17(6-8-18)30-12-9-21(15-30)10-13-31(14-11-21)36(32,33)20-4-2-1-3-19(20)35-23(27,28)29/h1-8H,9-16H2. The molecule has 2 aliphatic heterocycles. The number of piperidine rings is 1. The molecule has 2 fully saturated rings. The number of rotatable bonds is 6. The summed E-state index contributed by atoms with van der Waals surface area (Å²) in [6.45, 7) is 0.266. The fourth-order valence-electron chi connectivity index (χ4n) is 4.69. The number of hydrogen-bond acceptors (Lipinski definition) is 5. The Bertz CT molecular complexity index is 1160. The number of nitrogens with zero attached hydrogens (tertiary/aromatic N) is 2. The van der Waals surface area contributed by atoms with Crippen molar-refractivity contribution >= 4 is 15.7 Å². The van der Waals surface area contributed by atoms with E-state index in [4.69, 9.17) is 4.74 Å². The van der Waals surface area contributed by atoms with E-state index in [0.29, 0.717) is 25.9 Å². The summed E-state index contributed by atoms with van der Waals surface area (Å²) in [7, 11) is -4.20. The summed E-state index contributed by atoms with van der Waals surface area (Å²) < 4.78 is 111. The number of alkyl halides is 6. The van der Waals surface area contributed by atoms with Crippen molar-refractivity contribution < 1.29 is 44.2 Å². The molecule has 13 heteroatoms. The maximum atomic E-state index is 13.1. The summed E-state index contributed by atoms with van der Waals surface area (Å²) >= 11 is 0. The first-order chi connectivity index (χ1) is 16.8. The highest BCUT2D eigenvalue weighted by atomic mass is 32.2. The molecule has 0 amide bonds. The second-order valence-electron chi connectivity index (χ2n) is 8.97. The summed E-state index contributed by atoms with van der Waals surface area (Å²) in [6.07, 6.45) is -7.60. The molecule has 0 atom stereocenters. The lowest BCUT2D eigenvalue weighted by molar-refractivity contribution is -0.275. The first kappa shape index (κ1) is 26.4. The van der Waals surface area contributed by atoms with E-state index in [1.807, 2.05) is 0 Å². The van der Waals surface area contributed by atoms with Gasteiger partial charge in [0, 0.05) is 31.9 Å². The number of benzene rings is 2. The summed E-state index contributed by atoms with van der Waals surface area (Å²) in [6, 6.07) is 11.0. The van der Waals surface area contributed by atoms with Crippen molar-refractivity contribution in [2.24, 2.45) is 5.41 Å². The van der Waals surface area contributed by atoms with Crippen molar-refractivity contribution in [1.82, 2.24) is 4.31 Å². The Hall–Kier alpha value is -2.67. The summed E-state index contributed by atoms with van der Waals surface area (Å²) in [5, 5.41) is 0. The molecule has 0 radical (unpaired) electrons. The third kappa shape index (κ3) is 6.17. The molecule has 1 spiro atoms. The third-order valence-electron chi connectivity index (χ3n) is 6.52. The van der Waals surface area contributed by atoms with Gasteiger partial charge in [0.25, 0.3) is 0 Å². The molecule has 0 aliphatic carbocycles. The zero-order chi connectivity index (χ0) is 26.2. The highest BCUT2D eigenvalue weighted by Crippen LogP contribution is 2.43. The van der Waals surface area contributed by atoms with Crippen molar-refractivity contribution in [3.8, 4) is 11.5 Å². The van der Waals surface area contributed by atoms with Crippen LogP contribution in [0.2, 0.25) is 0 Å². The van der Waals surface area contributed by atoms with Crippen molar-refractivity contribution in [3.05, 3.63) is 48.5 Å². The minimum atomic E-state index is -5.02. The van der Waals surface area contributed by atoms with Gasteiger partial charge in [-0.2, -0.15) is 17.5 Å². The highest BCUT2D eigenvalue weighted by Gasteiger charge is 2.44. The van der Waals surface area contributed by atoms with Crippen LogP contribution in [0.4, 0.5) is 32.0 Å². The van der Waals surface area contributed by atoms with E-state index in [1.54, 1.807) is 12.1 Å². The van der Waals surface area contributed by atoms with Gasteiger partial charge in [-0.15, -0.1) is 13.2 Å². The topological polar surface area (TPSA) is 59.1 Å². The van der Waals surface area contributed by atoms with Gasteiger partial charge in [-0.25, -0.2) is 8.42 Å². The average Bonchev–Trinajstić information content (AvgIpc) is 3.20. The molecule has 4 rings (SSSR count). The second-order valence-corrected chi connectivity index (χ2v) is 10.9. The number of ether oxygens (including phenoxy) is 2. The molecule has 198 valence electrons. The largest absolute Gasteiger partial charge is 0.573 e. The van der Waals surface area contributed by atoms with Crippen LogP contribution in [-0.2, 0) is 10.0 Å². The van der Waals surface area contributed by atoms with Crippen molar-refractivity contribution in [2.45, 2.75) is 36.7 Å². The lowest BCUT2D eigenvalue weighted by Gasteiger charge is -2.38. The molecule has 6 nitrogen and oxygen atoms in total. The van der Waals surface area contributed by atoms with Gasteiger partial charge in [0.2, 0.25) is 10.0 Å². The molecule has 36 heavy (non-hydrogen) atoms. The molecule has 2 saturated heterocycles. The maximum absolute atomic E-state index is 13.1. The van der Waals surface area contributed by atoms with Gasteiger partial charge in [-0.1, -0.05) is 12.1 Å². The van der Waals surface area contributed by atoms with Crippen LogP contribution in [0.5, 0.6) is 11.5 Å². The van der Waals surface area contributed by atoms with Crippen LogP contribution in [0.1, 0.15) is 19.3 Å². The van der Waals surface area contributed by atoms with E-state index >= 15 is 0 Å². The van der Waals surface area contributed by atoms with Crippen LogP contribution in [0, 0.1) is 5.41 Å². The van der Waals surface area contributed by atoms with Gasteiger partial charge in [0.05, 0.1) is 0 Å². The summed E-state index contributed by atoms with van der Waals surface area (Å²) in [4.78, 5) is 1.56. The monoisotopic (exact) mass is 538 g/mol. The van der Waals surface area contributed by atoms with E-state index in [1.165, 1.54) is 28.6 Å². The number of hydrogen-bond donors (Lipinski definition) is 0. The molecular weight excluding hydrogens is 514 g/mol. The van der Waals surface area contributed by atoms with Gasteiger partial charge in [-0.3, -0.25) is 0 Å². The van der Waals surface area contributed by atoms with Gasteiger partial charge in [0.15, 0.2) is 6.61 Å². The number of anilines is 1. The SMILES string of the molecule is O=S(=O)(c1ccccc1OC(F)(F)F)N1CCC2(CCN(c3ccc(OCC(F)(F)F)cc3)C2)CC1. The molecule has 2 aliphatic rings. The van der Waals surface area contributed by atoms with Crippen molar-refractivity contribution in [3.63, 3.8) is 0 Å². The van der Waals surface area contributed by atoms with E-state index in [0.717, 1.165) is 24.2 Å². The van der Waals surface area contributed by atoms with Gasteiger partial charge in [0.1, 0.15) is 16.4 Å². The highest BCUT2D eigenvalue weighted by molar-refractivity contribution is 7.89.